The summed E-state index contributed by atoms with van der Waals surface area (Å²) < 4.78 is 1.05. The zero-order valence-electron chi connectivity index (χ0n) is 11.5. The van der Waals surface area contributed by atoms with E-state index in [1.807, 2.05) is 50.5 Å². The summed E-state index contributed by atoms with van der Waals surface area (Å²) in [6.45, 7) is 1.50. The summed E-state index contributed by atoms with van der Waals surface area (Å²) in [5.41, 5.74) is 0.730. The van der Waals surface area contributed by atoms with Crippen LogP contribution in [-0.4, -0.2) is 38.0 Å². The Bertz CT molecular complexity index is 603. The van der Waals surface area contributed by atoms with Crippen LogP contribution in [-0.2, 0) is 0 Å². The van der Waals surface area contributed by atoms with Gasteiger partial charge in [0.1, 0.15) is 0 Å². The number of benzene rings is 2. The molecule has 3 nitrogen and oxygen atoms in total. The number of amides is 1. The molecule has 0 fully saturated rings. The topological polar surface area (TPSA) is 32.3 Å². The summed E-state index contributed by atoms with van der Waals surface area (Å²) in [6.07, 6.45) is 0. The van der Waals surface area contributed by atoms with E-state index in [0.29, 0.717) is 6.54 Å². The SMILES string of the molecule is CNCCN(C)C(=O)c1ccc2cc(Br)ccc2c1.Cl. The number of carbonyl (C=O) groups is 1. The fraction of sp³-hybridized carbons (Fsp3) is 0.267. The fourth-order valence-corrected chi connectivity index (χ4v) is 2.33. The third kappa shape index (κ3) is 3.95. The summed E-state index contributed by atoms with van der Waals surface area (Å²) >= 11 is 3.45. The number of halogens is 2. The van der Waals surface area contributed by atoms with Gasteiger partial charge in [-0.2, -0.15) is 0 Å². The Kier molecular flexibility index (Phi) is 6.46. The fourth-order valence-electron chi connectivity index (χ4n) is 1.95. The second-order valence-electron chi connectivity index (χ2n) is 4.54. The average Bonchev–Trinajstić information content (AvgIpc) is 2.43. The highest BCUT2D eigenvalue weighted by atomic mass is 79.9. The van der Waals surface area contributed by atoms with E-state index in [0.717, 1.165) is 27.4 Å². The maximum Gasteiger partial charge on any atom is 0.253 e. The summed E-state index contributed by atoms with van der Waals surface area (Å²) in [6, 6.07) is 11.9. The third-order valence-corrected chi connectivity index (χ3v) is 3.59. The van der Waals surface area contributed by atoms with Crippen molar-refractivity contribution in [1.82, 2.24) is 10.2 Å². The van der Waals surface area contributed by atoms with Crippen LogP contribution in [0.4, 0.5) is 0 Å². The van der Waals surface area contributed by atoms with Crippen LogP contribution in [0.3, 0.4) is 0 Å². The number of likely N-dealkylation sites (N-methyl/N-ethyl adjacent to an activating group) is 2. The smallest absolute Gasteiger partial charge is 0.253 e. The maximum absolute atomic E-state index is 12.3. The lowest BCUT2D eigenvalue weighted by molar-refractivity contribution is 0.0797. The van der Waals surface area contributed by atoms with Gasteiger partial charge in [-0.05, 0) is 42.1 Å². The van der Waals surface area contributed by atoms with Crippen molar-refractivity contribution in [3.05, 3.63) is 46.4 Å². The molecule has 20 heavy (non-hydrogen) atoms. The van der Waals surface area contributed by atoms with Gasteiger partial charge in [-0.15, -0.1) is 12.4 Å². The molecule has 5 heteroatoms. The minimum Gasteiger partial charge on any atom is -0.340 e. The second-order valence-corrected chi connectivity index (χ2v) is 5.45. The number of nitrogens with one attached hydrogen (secondary N) is 1. The normalized spacial score (nSPS) is 10.2. The molecule has 0 bridgehead atoms. The van der Waals surface area contributed by atoms with Gasteiger partial charge in [0.25, 0.3) is 5.91 Å². The Labute approximate surface area is 133 Å². The highest BCUT2D eigenvalue weighted by molar-refractivity contribution is 9.10. The second kappa shape index (κ2) is 7.62. The van der Waals surface area contributed by atoms with Crippen LogP contribution in [0.5, 0.6) is 0 Å². The lowest BCUT2D eigenvalue weighted by Gasteiger charge is -2.17. The van der Waals surface area contributed by atoms with Crippen LogP contribution in [0.1, 0.15) is 10.4 Å². The van der Waals surface area contributed by atoms with Crippen LogP contribution in [0.2, 0.25) is 0 Å². The monoisotopic (exact) mass is 356 g/mol. The van der Waals surface area contributed by atoms with Gasteiger partial charge in [-0.3, -0.25) is 4.79 Å². The lowest BCUT2D eigenvalue weighted by atomic mass is 10.1. The van der Waals surface area contributed by atoms with Gasteiger partial charge in [0.05, 0.1) is 0 Å². The zero-order valence-corrected chi connectivity index (χ0v) is 13.9. The molecular weight excluding hydrogens is 340 g/mol. The highest BCUT2D eigenvalue weighted by Gasteiger charge is 2.11. The molecule has 0 radical (unpaired) electrons. The molecule has 0 aliphatic carbocycles. The van der Waals surface area contributed by atoms with E-state index in [1.165, 1.54) is 0 Å². The summed E-state index contributed by atoms with van der Waals surface area (Å²) in [7, 11) is 3.71. The van der Waals surface area contributed by atoms with Gasteiger partial charge in [0.15, 0.2) is 0 Å². The van der Waals surface area contributed by atoms with E-state index >= 15 is 0 Å². The first-order chi connectivity index (χ1) is 9.11. The Balaban J connectivity index is 0.00000200. The Morgan fingerprint density at radius 3 is 2.55 bits per heavy atom. The number of carbonyl (C=O) groups excluding carboxylic acids is 1. The number of hydrogen-bond acceptors (Lipinski definition) is 2. The molecule has 0 spiro atoms. The molecule has 0 unspecified atom stereocenters. The lowest BCUT2D eigenvalue weighted by Crippen LogP contribution is -2.32. The van der Waals surface area contributed by atoms with E-state index < -0.39 is 0 Å². The quantitative estimate of drug-likeness (QED) is 0.910. The number of nitrogens with zero attached hydrogens (tertiary/aromatic N) is 1. The zero-order chi connectivity index (χ0) is 13.8. The molecule has 2 aromatic carbocycles. The Morgan fingerprint density at radius 2 is 1.85 bits per heavy atom. The van der Waals surface area contributed by atoms with Gasteiger partial charge in [-0.1, -0.05) is 28.1 Å². The molecule has 1 amide bonds. The van der Waals surface area contributed by atoms with Crippen molar-refractivity contribution >= 4 is 45.0 Å². The van der Waals surface area contributed by atoms with Crippen LogP contribution in [0.25, 0.3) is 10.8 Å². The molecule has 0 aliphatic heterocycles. The van der Waals surface area contributed by atoms with Crippen LogP contribution in [0, 0.1) is 0 Å². The minimum atomic E-state index is 0. The van der Waals surface area contributed by atoms with E-state index in [-0.39, 0.29) is 18.3 Å². The van der Waals surface area contributed by atoms with Crippen LogP contribution < -0.4 is 5.32 Å². The Hall–Kier alpha value is -1.10. The summed E-state index contributed by atoms with van der Waals surface area (Å²) in [5, 5.41) is 5.25. The molecule has 0 atom stereocenters. The Morgan fingerprint density at radius 1 is 1.20 bits per heavy atom. The van der Waals surface area contributed by atoms with Gasteiger partial charge in [0.2, 0.25) is 0 Å². The van der Waals surface area contributed by atoms with Gasteiger partial charge in [0, 0.05) is 30.2 Å². The van der Waals surface area contributed by atoms with E-state index in [9.17, 15) is 4.79 Å². The predicted molar refractivity (Wildman–Crippen MR) is 89.8 cm³/mol. The van der Waals surface area contributed by atoms with Gasteiger partial charge in [-0.25, -0.2) is 0 Å². The van der Waals surface area contributed by atoms with Gasteiger partial charge < -0.3 is 10.2 Å². The first kappa shape index (κ1) is 17.0. The first-order valence-electron chi connectivity index (χ1n) is 6.21. The standard InChI is InChI=1S/C15H17BrN2O.ClH/c1-17-7-8-18(2)15(19)13-4-3-12-10-14(16)6-5-11(12)9-13;/h3-6,9-10,17H,7-8H2,1-2H3;1H. The average molecular weight is 358 g/mol. The molecular formula is C15H18BrClN2O. The van der Waals surface area contributed by atoms with E-state index in [1.54, 1.807) is 4.90 Å². The molecule has 2 rings (SSSR count). The molecule has 0 aliphatic rings. The first-order valence-corrected chi connectivity index (χ1v) is 7.00. The van der Waals surface area contributed by atoms with Crippen molar-refractivity contribution in [1.29, 1.82) is 0 Å². The summed E-state index contributed by atoms with van der Waals surface area (Å²) in [5.74, 6) is 0.0556. The molecule has 2 aromatic rings. The predicted octanol–water partition coefficient (Wildman–Crippen LogP) is 3.32. The molecule has 0 heterocycles. The molecule has 108 valence electrons. The number of fused-ring (bicyclic) bond motifs is 1. The number of hydrogen-bond donors (Lipinski definition) is 1. The molecule has 0 aromatic heterocycles. The third-order valence-electron chi connectivity index (χ3n) is 3.09. The van der Waals surface area contributed by atoms with Crippen molar-refractivity contribution in [3.63, 3.8) is 0 Å². The number of rotatable bonds is 4. The maximum atomic E-state index is 12.3. The highest BCUT2D eigenvalue weighted by Crippen LogP contribution is 2.21. The van der Waals surface area contributed by atoms with Crippen molar-refractivity contribution < 1.29 is 4.79 Å². The van der Waals surface area contributed by atoms with E-state index in [2.05, 4.69) is 21.2 Å². The molecule has 0 saturated carbocycles. The van der Waals surface area contributed by atoms with Crippen molar-refractivity contribution in [2.45, 2.75) is 0 Å². The van der Waals surface area contributed by atoms with Crippen LogP contribution in [0.15, 0.2) is 40.9 Å². The van der Waals surface area contributed by atoms with Gasteiger partial charge >= 0.3 is 0 Å². The van der Waals surface area contributed by atoms with Crippen molar-refractivity contribution in [2.24, 2.45) is 0 Å². The van der Waals surface area contributed by atoms with Crippen LogP contribution >= 0.6 is 28.3 Å². The minimum absolute atomic E-state index is 0. The molecule has 1 N–H and O–H groups in total. The van der Waals surface area contributed by atoms with Crippen molar-refractivity contribution in [2.75, 3.05) is 27.2 Å². The summed E-state index contributed by atoms with van der Waals surface area (Å²) in [4.78, 5) is 14.0. The van der Waals surface area contributed by atoms with E-state index in [4.69, 9.17) is 0 Å². The van der Waals surface area contributed by atoms with Crippen molar-refractivity contribution in [3.8, 4) is 0 Å². The largest absolute Gasteiger partial charge is 0.340 e. The molecule has 0 saturated heterocycles.